The van der Waals surface area contributed by atoms with Crippen molar-refractivity contribution in [3.05, 3.63) is 11.8 Å². The molecule has 1 aliphatic heterocycles. The predicted molar refractivity (Wildman–Crippen MR) is 88.0 cm³/mol. The number of carbonyl (C=O) groups is 1. The molecule has 0 unspecified atom stereocenters. The molecular weight excluding hydrogens is 338 g/mol. The lowest BCUT2D eigenvalue weighted by Crippen LogP contribution is -2.18. The summed E-state index contributed by atoms with van der Waals surface area (Å²) in [5, 5.41) is 18.5. The SMILES string of the molecule is Cc1cc(NC(=O)CSc2nnc(NC[C@@H]3CCCO3)s2)no1. The molecule has 0 aliphatic carbocycles. The number of aryl methyl sites for hydroxylation is 1. The second-order valence-electron chi connectivity index (χ2n) is 5.05. The zero-order valence-electron chi connectivity index (χ0n) is 12.6. The van der Waals surface area contributed by atoms with Gasteiger partial charge in [0.15, 0.2) is 10.2 Å². The molecule has 0 saturated carbocycles. The van der Waals surface area contributed by atoms with E-state index in [2.05, 4.69) is 26.0 Å². The van der Waals surface area contributed by atoms with Crippen molar-refractivity contribution in [1.82, 2.24) is 15.4 Å². The zero-order chi connectivity index (χ0) is 16.1. The summed E-state index contributed by atoms with van der Waals surface area (Å²) in [6, 6.07) is 1.67. The zero-order valence-corrected chi connectivity index (χ0v) is 14.2. The van der Waals surface area contributed by atoms with E-state index in [4.69, 9.17) is 9.26 Å². The van der Waals surface area contributed by atoms with Crippen molar-refractivity contribution < 1.29 is 14.1 Å². The molecule has 3 rings (SSSR count). The van der Waals surface area contributed by atoms with Crippen LogP contribution < -0.4 is 10.6 Å². The highest BCUT2D eigenvalue weighted by Crippen LogP contribution is 2.26. The second kappa shape index (κ2) is 7.75. The standard InChI is InChI=1S/C13H17N5O3S2/c1-8-5-10(18-21-8)15-11(19)7-22-13-17-16-12(23-13)14-6-9-3-2-4-20-9/h5,9H,2-4,6-7H2,1H3,(H,14,16)(H,15,18,19)/t9-/m0/s1. The molecule has 0 spiro atoms. The van der Waals surface area contributed by atoms with Crippen molar-refractivity contribution in [2.45, 2.75) is 30.2 Å². The quantitative estimate of drug-likeness (QED) is 0.729. The number of aromatic nitrogens is 3. The van der Waals surface area contributed by atoms with Gasteiger partial charge in [-0.2, -0.15) is 0 Å². The van der Waals surface area contributed by atoms with E-state index in [0.717, 1.165) is 35.5 Å². The number of rotatable bonds is 7. The van der Waals surface area contributed by atoms with Crippen LogP contribution in [0, 0.1) is 6.92 Å². The van der Waals surface area contributed by atoms with E-state index in [1.165, 1.54) is 23.1 Å². The normalized spacial score (nSPS) is 17.3. The minimum absolute atomic E-state index is 0.160. The minimum Gasteiger partial charge on any atom is -0.376 e. The average molecular weight is 355 g/mol. The van der Waals surface area contributed by atoms with E-state index in [1.54, 1.807) is 13.0 Å². The van der Waals surface area contributed by atoms with Crippen molar-refractivity contribution in [3.63, 3.8) is 0 Å². The van der Waals surface area contributed by atoms with Gasteiger partial charge in [0.25, 0.3) is 0 Å². The first kappa shape index (κ1) is 16.2. The minimum atomic E-state index is -0.160. The molecule has 2 aromatic heterocycles. The van der Waals surface area contributed by atoms with Crippen LogP contribution in [-0.2, 0) is 9.53 Å². The number of hydrogen-bond donors (Lipinski definition) is 2. The van der Waals surface area contributed by atoms with Crippen LogP contribution in [0.5, 0.6) is 0 Å². The molecule has 0 aromatic carbocycles. The van der Waals surface area contributed by atoms with Gasteiger partial charge in [-0.05, 0) is 19.8 Å². The fourth-order valence-corrected chi connectivity index (χ4v) is 3.64. The van der Waals surface area contributed by atoms with Gasteiger partial charge in [0.05, 0.1) is 11.9 Å². The summed E-state index contributed by atoms with van der Waals surface area (Å²) < 4.78 is 11.2. The number of nitrogens with zero attached hydrogens (tertiary/aromatic N) is 3. The molecule has 0 radical (unpaired) electrons. The van der Waals surface area contributed by atoms with Crippen LogP contribution in [0.1, 0.15) is 18.6 Å². The molecular formula is C13H17N5O3S2. The molecule has 23 heavy (non-hydrogen) atoms. The third-order valence-electron chi connectivity index (χ3n) is 3.13. The molecule has 0 bridgehead atoms. The molecule has 1 saturated heterocycles. The first-order valence-corrected chi connectivity index (χ1v) is 9.04. The number of thioether (sulfide) groups is 1. The highest BCUT2D eigenvalue weighted by Gasteiger charge is 2.16. The van der Waals surface area contributed by atoms with Crippen molar-refractivity contribution >= 4 is 40.0 Å². The van der Waals surface area contributed by atoms with Crippen molar-refractivity contribution in [3.8, 4) is 0 Å². The fourth-order valence-electron chi connectivity index (χ4n) is 2.08. The van der Waals surface area contributed by atoms with Gasteiger partial charge in [0.1, 0.15) is 5.76 Å². The molecule has 124 valence electrons. The van der Waals surface area contributed by atoms with Crippen molar-refractivity contribution in [1.29, 1.82) is 0 Å². The van der Waals surface area contributed by atoms with E-state index < -0.39 is 0 Å². The van der Waals surface area contributed by atoms with Crippen LogP contribution in [-0.4, -0.2) is 46.3 Å². The largest absolute Gasteiger partial charge is 0.376 e. The molecule has 2 aromatic rings. The van der Waals surface area contributed by atoms with Gasteiger partial charge in [-0.25, -0.2) is 0 Å². The van der Waals surface area contributed by atoms with Crippen LogP contribution in [0.3, 0.4) is 0 Å². The first-order chi connectivity index (χ1) is 11.2. The molecule has 3 heterocycles. The first-order valence-electron chi connectivity index (χ1n) is 7.24. The Balaban J connectivity index is 1.40. The fraction of sp³-hybridized carbons (Fsp3) is 0.538. The van der Waals surface area contributed by atoms with Crippen LogP contribution in [0.2, 0.25) is 0 Å². The maximum atomic E-state index is 11.8. The number of hydrogen-bond acceptors (Lipinski definition) is 9. The Bertz CT molecular complexity index is 654. The monoisotopic (exact) mass is 355 g/mol. The van der Waals surface area contributed by atoms with Gasteiger partial charge >= 0.3 is 0 Å². The van der Waals surface area contributed by atoms with Gasteiger partial charge in [0, 0.05) is 19.2 Å². The molecule has 1 fully saturated rings. The highest BCUT2D eigenvalue weighted by atomic mass is 32.2. The molecule has 8 nitrogen and oxygen atoms in total. The Labute approximate surface area is 141 Å². The summed E-state index contributed by atoms with van der Waals surface area (Å²) >= 11 is 2.77. The summed E-state index contributed by atoms with van der Waals surface area (Å²) in [5.74, 6) is 1.16. The summed E-state index contributed by atoms with van der Waals surface area (Å²) in [4.78, 5) is 11.8. The van der Waals surface area contributed by atoms with Gasteiger partial charge in [-0.1, -0.05) is 28.3 Å². The molecule has 1 atom stereocenters. The van der Waals surface area contributed by atoms with Gasteiger partial charge in [-0.15, -0.1) is 10.2 Å². The lowest BCUT2D eigenvalue weighted by atomic mass is 10.2. The van der Waals surface area contributed by atoms with Crippen molar-refractivity contribution in [2.75, 3.05) is 29.5 Å². The van der Waals surface area contributed by atoms with E-state index >= 15 is 0 Å². The summed E-state index contributed by atoms with van der Waals surface area (Å²) in [6.45, 7) is 3.35. The summed E-state index contributed by atoms with van der Waals surface area (Å²) in [6.07, 6.45) is 2.45. The lowest BCUT2D eigenvalue weighted by Gasteiger charge is -2.08. The predicted octanol–water partition coefficient (Wildman–Crippen LogP) is 2.16. The van der Waals surface area contributed by atoms with Gasteiger partial charge in [-0.3, -0.25) is 4.79 Å². The van der Waals surface area contributed by atoms with E-state index in [1.807, 2.05) is 0 Å². The number of anilines is 2. The smallest absolute Gasteiger partial charge is 0.236 e. The maximum Gasteiger partial charge on any atom is 0.236 e. The maximum absolute atomic E-state index is 11.8. The molecule has 1 aliphatic rings. The lowest BCUT2D eigenvalue weighted by molar-refractivity contribution is -0.113. The Morgan fingerprint density at radius 2 is 2.43 bits per heavy atom. The van der Waals surface area contributed by atoms with Crippen LogP contribution in [0.25, 0.3) is 0 Å². The number of ether oxygens (including phenoxy) is 1. The third kappa shape index (κ3) is 4.91. The summed E-state index contributed by atoms with van der Waals surface area (Å²) in [7, 11) is 0. The van der Waals surface area contributed by atoms with E-state index in [9.17, 15) is 4.79 Å². The molecule has 10 heteroatoms. The molecule has 2 N–H and O–H groups in total. The van der Waals surface area contributed by atoms with Crippen molar-refractivity contribution in [2.24, 2.45) is 0 Å². The van der Waals surface area contributed by atoms with Crippen LogP contribution in [0.4, 0.5) is 10.9 Å². The third-order valence-corrected chi connectivity index (χ3v) is 5.15. The van der Waals surface area contributed by atoms with Gasteiger partial charge in [0.2, 0.25) is 11.0 Å². The Hall–Kier alpha value is -1.65. The van der Waals surface area contributed by atoms with Crippen LogP contribution in [0.15, 0.2) is 14.9 Å². The Morgan fingerprint density at radius 1 is 1.52 bits per heavy atom. The number of amides is 1. The Kier molecular flexibility index (Phi) is 5.47. The van der Waals surface area contributed by atoms with E-state index in [0.29, 0.717) is 11.6 Å². The second-order valence-corrected chi connectivity index (χ2v) is 7.25. The average Bonchev–Trinajstić information content (AvgIpc) is 3.25. The van der Waals surface area contributed by atoms with E-state index in [-0.39, 0.29) is 17.8 Å². The Morgan fingerprint density at radius 3 is 3.17 bits per heavy atom. The summed E-state index contributed by atoms with van der Waals surface area (Å²) in [5.41, 5.74) is 0. The van der Waals surface area contributed by atoms with Gasteiger partial charge < -0.3 is 19.9 Å². The highest BCUT2D eigenvalue weighted by molar-refractivity contribution is 8.01. The van der Waals surface area contributed by atoms with Crippen LogP contribution >= 0.6 is 23.1 Å². The topological polar surface area (TPSA) is 102 Å². The number of nitrogens with one attached hydrogen (secondary N) is 2. The number of carbonyl (C=O) groups excluding carboxylic acids is 1. The molecule has 1 amide bonds.